The Hall–Kier alpha value is -2.96. The Kier molecular flexibility index (Phi) is 3.63. The summed E-state index contributed by atoms with van der Waals surface area (Å²) in [5, 5.41) is 0. The largest absolute Gasteiger partial charge is 0.503 e. The van der Waals surface area contributed by atoms with Crippen molar-refractivity contribution in [3.8, 4) is 0 Å². The van der Waals surface area contributed by atoms with Crippen LogP contribution in [0.4, 0.5) is 22.7 Å². The van der Waals surface area contributed by atoms with Crippen molar-refractivity contribution >= 4 is 28.8 Å². The van der Waals surface area contributed by atoms with Crippen LogP contribution < -0.4 is 9.15 Å². The van der Waals surface area contributed by atoms with E-state index in [1.807, 2.05) is 0 Å². The molecule has 122 valence electrons. The van der Waals surface area contributed by atoms with E-state index in [0.717, 1.165) is 0 Å². The molecule has 2 heteroatoms. The monoisotopic (exact) mass is 326 g/mol. The molecule has 0 amide bonds. The summed E-state index contributed by atoms with van der Waals surface area (Å²) in [6.45, 7) is 8.64. The second-order valence-electron chi connectivity index (χ2n) is 6.74. The van der Waals surface area contributed by atoms with Crippen molar-refractivity contribution in [2.24, 2.45) is 0 Å². The van der Waals surface area contributed by atoms with E-state index in [1.165, 1.54) is 45.0 Å². The Labute approximate surface area is 149 Å². The van der Waals surface area contributed by atoms with Gasteiger partial charge in [0.25, 0.3) is 11.4 Å². The Morgan fingerprint density at radius 3 is 1.24 bits per heavy atom. The molecule has 0 aliphatic carbocycles. The number of rotatable bonds is 2. The highest BCUT2D eigenvalue weighted by atomic mass is 15.2. The maximum Gasteiger partial charge on any atom is 0.503 e. The van der Waals surface area contributed by atoms with Gasteiger partial charge in [0.2, 0.25) is 11.4 Å². The molecular weight excluding hydrogens is 304 g/mol. The van der Waals surface area contributed by atoms with E-state index in [-0.39, 0.29) is 0 Å². The van der Waals surface area contributed by atoms with Crippen LogP contribution in [0.2, 0.25) is 0 Å². The summed E-state index contributed by atoms with van der Waals surface area (Å²) in [4.78, 5) is 0. The zero-order valence-corrected chi connectivity index (χ0v) is 15.2. The number of aryl methyl sites for hydroxylation is 4. The van der Waals surface area contributed by atoms with Gasteiger partial charge in [-0.1, -0.05) is 48.5 Å². The van der Waals surface area contributed by atoms with Gasteiger partial charge in [-0.25, -0.2) is 0 Å². The molecule has 0 N–H and O–H groups in total. The van der Waals surface area contributed by atoms with Crippen molar-refractivity contribution in [3.05, 3.63) is 82.9 Å². The van der Waals surface area contributed by atoms with Gasteiger partial charge in [-0.2, -0.15) is 0 Å². The Balaban J connectivity index is 2.08. The number of benzene rings is 3. The van der Waals surface area contributed by atoms with Crippen LogP contribution in [0, 0.1) is 27.7 Å². The normalized spacial score (nSPS) is 12.6. The first kappa shape index (κ1) is 15.6. The second kappa shape index (κ2) is 5.84. The lowest BCUT2D eigenvalue weighted by atomic mass is 10.1. The molecule has 0 spiro atoms. The maximum atomic E-state index is 3.62. The van der Waals surface area contributed by atoms with E-state index in [9.17, 15) is 0 Å². The van der Waals surface area contributed by atoms with Crippen LogP contribution >= 0.6 is 0 Å². The lowest BCUT2D eigenvalue weighted by molar-refractivity contribution is 1.08. The quantitative estimate of drug-likeness (QED) is 0.412. The molecule has 4 rings (SSSR count). The van der Waals surface area contributed by atoms with Crippen LogP contribution in [0.1, 0.15) is 22.3 Å². The van der Waals surface area contributed by atoms with Crippen LogP contribution in [-0.2, 0) is 0 Å². The van der Waals surface area contributed by atoms with Gasteiger partial charge >= 0.3 is 6.01 Å². The zero-order chi connectivity index (χ0) is 17.6. The van der Waals surface area contributed by atoms with Crippen LogP contribution in [0.5, 0.6) is 0 Å². The summed E-state index contributed by atoms with van der Waals surface area (Å²) in [5.41, 5.74) is 9.78. The molecule has 0 atom stereocenters. The van der Waals surface area contributed by atoms with E-state index in [2.05, 4.69) is 104 Å². The van der Waals surface area contributed by atoms with Gasteiger partial charge in [0.1, 0.15) is 0 Å². The average molecular weight is 326 g/mol. The van der Waals surface area contributed by atoms with Crippen LogP contribution in [0.3, 0.4) is 0 Å². The van der Waals surface area contributed by atoms with Gasteiger partial charge in [-0.15, -0.1) is 0 Å². The third-order valence-electron chi connectivity index (χ3n) is 4.89. The summed E-state index contributed by atoms with van der Waals surface area (Å²) < 4.78 is 4.40. The highest BCUT2D eigenvalue weighted by Crippen LogP contribution is 2.39. The minimum atomic E-state index is 1.17. The summed E-state index contributed by atoms with van der Waals surface area (Å²) in [7, 11) is 0. The summed E-state index contributed by atoms with van der Waals surface area (Å²) in [5.74, 6) is 0. The molecule has 1 aliphatic rings. The lowest BCUT2D eigenvalue weighted by Gasteiger charge is -2.03. The average Bonchev–Trinajstić information content (AvgIpc) is 2.94. The third-order valence-corrected chi connectivity index (χ3v) is 4.89. The van der Waals surface area contributed by atoms with Crippen LogP contribution in [0.15, 0.2) is 60.7 Å². The van der Waals surface area contributed by atoms with E-state index in [0.29, 0.717) is 0 Å². The van der Waals surface area contributed by atoms with E-state index >= 15 is 0 Å². The predicted octanol–water partition coefficient (Wildman–Crippen LogP) is 5.78. The molecule has 0 radical (unpaired) electrons. The molecule has 2 nitrogen and oxygen atoms in total. The molecule has 25 heavy (non-hydrogen) atoms. The number of nitrogens with zero attached hydrogens (tertiary/aromatic N) is 2. The molecule has 0 fully saturated rings. The Morgan fingerprint density at radius 2 is 0.880 bits per heavy atom. The molecule has 1 aliphatic heterocycles. The number of hydrogen-bond donors (Lipinski definition) is 0. The first-order chi connectivity index (χ1) is 12.1. The van der Waals surface area contributed by atoms with E-state index in [1.54, 1.807) is 0 Å². The first-order valence-electron chi connectivity index (χ1n) is 8.66. The maximum absolute atomic E-state index is 3.62. The van der Waals surface area contributed by atoms with Gasteiger partial charge in [-0.3, -0.25) is 0 Å². The minimum Gasteiger partial charge on any atom is -0.0612 e. The highest BCUT2D eigenvalue weighted by Gasteiger charge is 2.38. The van der Waals surface area contributed by atoms with Crippen LogP contribution in [-0.4, -0.2) is 6.01 Å². The zero-order valence-electron chi connectivity index (χ0n) is 15.2. The molecule has 0 saturated carbocycles. The fourth-order valence-corrected chi connectivity index (χ4v) is 3.71. The van der Waals surface area contributed by atoms with Crippen molar-refractivity contribution < 1.29 is 0 Å². The molecule has 1 heterocycles. The van der Waals surface area contributed by atoms with Crippen LogP contribution in [0.25, 0.3) is 0 Å². The van der Waals surface area contributed by atoms with E-state index in [4.69, 9.17) is 0 Å². The lowest BCUT2D eigenvalue weighted by Crippen LogP contribution is -2.05. The number of para-hydroxylation sites is 4. The molecule has 0 bridgehead atoms. The molecule has 0 unspecified atom stereocenters. The second-order valence-corrected chi connectivity index (χ2v) is 6.74. The molecule has 3 aromatic rings. The van der Waals surface area contributed by atoms with Gasteiger partial charge in [0.15, 0.2) is 0 Å². The Morgan fingerprint density at radius 1 is 0.520 bits per heavy atom. The van der Waals surface area contributed by atoms with Gasteiger partial charge < -0.3 is 0 Å². The molecule has 0 saturated heterocycles. The summed E-state index contributed by atoms with van der Waals surface area (Å²) >= 11 is 0. The van der Waals surface area contributed by atoms with Crippen molar-refractivity contribution in [2.75, 3.05) is 0 Å². The summed E-state index contributed by atoms with van der Waals surface area (Å²) in [6, 6.07) is 25.0. The Bertz CT molecular complexity index is 944. The smallest absolute Gasteiger partial charge is 0.0612 e. The first-order valence-corrected chi connectivity index (χ1v) is 8.66. The van der Waals surface area contributed by atoms with Crippen molar-refractivity contribution in [1.82, 2.24) is 9.15 Å². The molecular formula is C23H22N2+2. The highest BCUT2D eigenvalue weighted by molar-refractivity contribution is 5.86. The predicted molar refractivity (Wildman–Crippen MR) is 106 cm³/mol. The summed E-state index contributed by atoms with van der Waals surface area (Å²) in [6.07, 6.45) is 0. The minimum absolute atomic E-state index is 1.17. The number of hydrogen-bond acceptors (Lipinski definition) is 0. The SMILES string of the molecule is Cc1cccc(C)c1[N+]1=C=[N+](c2c(C)cccc2C)c2ccccc21. The van der Waals surface area contributed by atoms with Crippen molar-refractivity contribution in [1.29, 1.82) is 0 Å². The van der Waals surface area contributed by atoms with E-state index < -0.39 is 0 Å². The fourth-order valence-electron chi connectivity index (χ4n) is 3.71. The standard InChI is InChI=1S/C23H22N2/c1-16-9-7-10-17(2)22(16)24-15-25(21-14-6-5-13-20(21)24)23-18(3)11-8-12-19(23)4/h5-14H,1-4H3/q+2. The van der Waals surface area contributed by atoms with Gasteiger partial charge in [-0.05, 0) is 36.8 Å². The van der Waals surface area contributed by atoms with Crippen molar-refractivity contribution in [3.63, 3.8) is 0 Å². The van der Waals surface area contributed by atoms with Gasteiger partial charge in [0.05, 0.1) is 0 Å². The topological polar surface area (TPSA) is 6.02 Å². The molecule has 0 aromatic heterocycles. The molecule has 3 aromatic carbocycles. The number of fused-ring (bicyclic) bond motifs is 1. The van der Waals surface area contributed by atoms with Gasteiger partial charge in [0, 0.05) is 34.4 Å². The van der Waals surface area contributed by atoms with Crippen molar-refractivity contribution in [2.45, 2.75) is 27.7 Å². The fraction of sp³-hybridized carbons (Fsp3) is 0.174. The third kappa shape index (κ3) is 2.43.